The average Bonchev–Trinajstić information content (AvgIpc) is 2.80. The molecule has 0 saturated carbocycles. The molecule has 7 heteroatoms. The van der Waals surface area contributed by atoms with E-state index in [1.54, 1.807) is 67.6 Å². The zero-order chi connectivity index (χ0) is 23.6. The van der Waals surface area contributed by atoms with E-state index in [1.165, 1.54) is 6.08 Å². The SMILES string of the molecule is CCOc1ccc(NC2=C/C(=N/S(=O)(=O)c3cc(C)ccc3C)c3ccccc3C2=O)cc1. The van der Waals surface area contributed by atoms with Gasteiger partial charge in [-0.1, -0.05) is 36.4 Å². The largest absolute Gasteiger partial charge is 0.494 e. The molecule has 0 saturated heterocycles. The smallest absolute Gasteiger partial charge is 0.283 e. The van der Waals surface area contributed by atoms with Crippen molar-refractivity contribution in [1.29, 1.82) is 0 Å². The molecule has 0 fully saturated rings. The van der Waals surface area contributed by atoms with Crippen molar-refractivity contribution in [2.45, 2.75) is 25.7 Å². The van der Waals surface area contributed by atoms with Gasteiger partial charge in [0.25, 0.3) is 10.0 Å². The van der Waals surface area contributed by atoms with Crippen LogP contribution in [0.4, 0.5) is 5.69 Å². The summed E-state index contributed by atoms with van der Waals surface area (Å²) in [5.74, 6) is 0.488. The van der Waals surface area contributed by atoms with Gasteiger partial charge in [-0.2, -0.15) is 12.8 Å². The maximum atomic E-state index is 13.2. The molecular formula is C26H24N2O4S. The van der Waals surface area contributed by atoms with Gasteiger partial charge in [0, 0.05) is 16.8 Å². The highest BCUT2D eigenvalue weighted by atomic mass is 32.2. The number of hydrogen-bond acceptors (Lipinski definition) is 5. The number of rotatable bonds is 6. The number of sulfonamides is 1. The molecule has 3 aromatic rings. The maximum Gasteiger partial charge on any atom is 0.283 e. The molecule has 0 amide bonds. The summed E-state index contributed by atoms with van der Waals surface area (Å²) in [6.07, 6.45) is 1.49. The van der Waals surface area contributed by atoms with Crippen LogP contribution >= 0.6 is 0 Å². The van der Waals surface area contributed by atoms with Crippen molar-refractivity contribution in [3.05, 3.63) is 101 Å². The van der Waals surface area contributed by atoms with Crippen LogP contribution in [-0.4, -0.2) is 26.5 Å². The highest BCUT2D eigenvalue weighted by Crippen LogP contribution is 2.27. The van der Waals surface area contributed by atoms with E-state index < -0.39 is 10.0 Å². The standard InChI is InChI=1S/C26H24N2O4S/c1-4-32-20-13-11-19(12-14-20)27-24-16-23(21-7-5-6-8-22(21)26(24)29)28-33(30,31)25-15-17(2)9-10-18(25)3/h5-16,27H,4H2,1-3H3/b28-23-. The average molecular weight is 461 g/mol. The van der Waals surface area contributed by atoms with Gasteiger partial charge in [0.2, 0.25) is 5.78 Å². The van der Waals surface area contributed by atoms with E-state index in [0.29, 0.717) is 29.0 Å². The van der Waals surface area contributed by atoms with Crippen molar-refractivity contribution in [3.8, 4) is 5.75 Å². The molecule has 0 atom stereocenters. The molecule has 6 nitrogen and oxygen atoms in total. The number of allylic oxidation sites excluding steroid dienone is 2. The number of hydrogen-bond donors (Lipinski definition) is 1. The number of nitrogens with zero attached hydrogens (tertiary/aromatic N) is 1. The van der Waals surface area contributed by atoms with Crippen molar-refractivity contribution in [2.24, 2.45) is 4.40 Å². The van der Waals surface area contributed by atoms with Gasteiger partial charge >= 0.3 is 0 Å². The first-order valence-electron chi connectivity index (χ1n) is 10.6. The number of ether oxygens (including phenoxy) is 1. The third-order valence-electron chi connectivity index (χ3n) is 5.26. The van der Waals surface area contributed by atoms with Crippen LogP contribution in [0.25, 0.3) is 0 Å². The Morgan fingerprint density at radius 3 is 2.33 bits per heavy atom. The lowest BCUT2D eigenvalue weighted by molar-refractivity contribution is 0.103. The third kappa shape index (κ3) is 4.73. The minimum atomic E-state index is -3.99. The maximum absolute atomic E-state index is 13.2. The minimum absolute atomic E-state index is 0.152. The van der Waals surface area contributed by atoms with Gasteiger partial charge in [0.05, 0.1) is 22.9 Å². The summed E-state index contributed by atoms with van der Waals surface area (Å²) >= 11 is 0. The number of aryl methyl sites for hydroxylation is 2. The van der Waals surface area contributed by atoms with Gasteiger partial charge in [-0.05, 0) is 68.3 Å². The van der Waals surface area contributed by atoms with Crippen LogP contribution in [0, 0.1) is 13.8 Å². The molecule has 168 valence electrons. The molecule has 0 bridgehead atoms. The Kier molecular flexibility index (Phi) is 6.16. The zero-order valence-corrected chi connectivity index (χ0v) is 19.4. The summed E-state index contributed by atoms with van der Waals surface area (Å²) in [5, 5.41) is 3.10. The monoisotopic (exact) mass is 460 g/mol. The first-order valence-corrected chi connectivity index (χ1v) is 12.0. The molecule has 0 aromatic heterocycles. The van der Waals surface area contributed by atoms with Gasteiger partial charge < -0.3 is 10.1 Å². The van der Waals surface area contributed by atoms with Crippen LogP contribution in [0.3, 0.4) is 0 Å². The number of anilines is 1. The summed E-state index contributed by atoms with van der Waals surface area (Å²) in [7, 11) is -3.99. The molecule has 33 heavy (non-hydrogen) atoms. The molecule has 1 aliphatic rings. The Labute approximate surface area is 193 Å². The van der Waals surface area contributed by atoms with E-state index in [1.807, 2.05) is 19.9 Å². The van der Waals surface area contributed by atoms with E-state index in [-0.39, 0.29) is 22.1 Å². The van der Waals surface area contributed by atoms with Crippen molar-refractivity contribution in [1.82, 2.24) is 0 Å². The second-order valence-corrected chi connectivity index (χ2v) is 9.31. The van der Waals surface area contributed by atoms with Crippen molar-refractivity contribution >= 4 is 27.2 Å². The van der Waals surface area contributed by atoms with Crippen molar-refractivity contribution in [3.63, 3.8) is 0 Å². The quantitative estimate of drug-likeness (QED) is 0.555. The Bertz CT molecular complexity index is 1390. The van der Waals surface area contributed by atoms with Gasteiger partial charge in [-0.15, -0.1) is 0 Å². The second-order valence-electron chi connectivity index (χ2n) is 7.74. The topological polar surface area (TPSA) is 84.8 Å². The minimum Gasteiger partial charge on any atom is -0.494 e. The molecule has 1 aliphatic carbocycles. The first-order chi connectivity index (χ1) is 15.8. The van der Waals surface area contributed by atoms with Crippen molar-refractivity contribution < 1.29 is 17.9 Å². The Balaban J connectivity index is 1.77. The third-order valence-corrected chi connectivity index (χ3v) is 6.69. The van der Waals surface area contributed by atoms with Crippen LogP contribution in [0.1, 0.15) is 34.0 Å². The van der Waals surface area contributed by atoms with E-state index >= 15 is 0 Å². The van der Waals surface area contributed by atoms with Gasteiger partial charge in [0.1, 0.15) is 5.75 Å². The summed E-state index contributed by atoms with van der Waals surface area (Å²) in [6.45, 7) is 6.03. The summed E-state index contributed by atoms with van der Waals surface area (Å²) in [5.41, 5.74) is 3.44. The van der Waals surface area contributed by atoms with Crippen LogP contribution < -0.4 is 10.1 Å². The lowest BCUT2D eigenvalue weighted by Crippen LogP contribution is -2.22. The molecule has 3 aromatic carbocycles. The van der Waals surface area contributed by atoms with Crippen molar-refractivity contribution in [2.75, 3.05) is 11.9 Å². The number of fused-ring (bicyclic) bond motifs is 1. The lowest BCUT2D eigenvalue weighted by atomic mass is 9.92. The number of carbonyl (C=O) groups excluding carboxylic acids is 1. The molecule has 0 aliphatic heterocycles. The van der Waals surface area contributed by atoms with Crippen LogP contribution in [0.2, 0.25) is 0 Å². The van der Waals surface area contributed by atoms with Gasteiger partial charge in [-0.3, -0.25) is 4.79 Å². The lowest BCUT2D eigenvalue weighted by Gasteiger charge is -2.19. The molecule has 0 spiro atoms. The first kappa shape index (κ1) is 22.5. The van der Waals surface area contributed by atoms with Gasteiger partial charge in [-0.25, -0.2) is 0 Å². The predicted molar refractivity (Wildman–Crippen MR) is 130 cm³/mol. The Morgan fingerprint density at radius 2 is 1.64 bits per heavy atom. The molecule has 0 heterocycles. The zero-order valence-electron chi connectivity index (χ0n) is 18.6. The number of Topliss-reactive ketones (excluding diaryl/α,β-unsaturated/α-hetero) is 1. The highest BCUT2D eigenvalue weighted by Gasteiger charge is 2.26. The summed E-state index contributed by atoms with van der Waals surface area (Å²) < 4.78 is 36.0. The fraction of sp³-hybridized carbons (Fsp3) is 0.154. The molecule has 1 N–H and O–H groups in total. The highest BCUT2D eigenvalue weighted by molar-refractivity contribution is 7.90. The summed E-state index contributed by atoms with van der Waals surface area (Å²) in [6, 6.07) is 19.3. The molecule has 4 rings (SSSR count). The van der Waals surface area contributed by atoms with E-state index in [9.17, 15) is 13.2 Å². The van der Waals surface area contributed by atoms with Crippen LogP contribution in [0.5, 0.6) is 5.75 Å². The number of benzene rings is 3. The predicted octanol–water partition coefficient (Wildman–Crippen LogP) is 5.07. The van der Waals surface area contributed by atoms with Gasteiger partial charge in [0.15, 0.2) is 0 Å². The second kappa shape index (κ2) is 9.03. The van der Waals surface area contributed by atoms with E-state index in [2.05, 4.69) is 9.71 Å². The molecule has 0 unspecified atom stereocenters. The fourth-order valence-corrected chi connectivity index (χ4v) is 4.94. The number of ketones is 1. The van der Waals surface area contributed by atoms with Crippen LogP contribution in [-0.2, 0) is 10.0 Å². The van der Waals surface area contributed by atoms with Crippen LogP contribution in [0.15, 0.2) is 87.8 Å². The van der Waals surface area contributed by atoms with E-state index in [4.69, 9.17) is 4.74 Å². The number of nitrogens with one attached hydrogen (secondary N) is 1. The van der Waals surface area contributed by atoms with E-state index in [0.717, 1.165) is 11.3 Å². The normalized spacial score (nSPS) is 14.6. The Hall–Kier alpha value is -3.71. The molecule has 0 radical (unpaired) electrons. The Morgan fingerprint density at radius 1 is 0.939 bits per heavy atom. The molecular weight excluding hydrogens is 436 g/mol. The fourth-order valence-electron chi connectivity index (χ4n) is 3.62. The summed E-state index contributed by atoms with van der Waals surface area (Å²) in [4.78, 5) is 13.3. The number of carbonyl (C=O) groups is 1.